The van der Waals surface area contributed by atoms with Crippen LogP contribution < -0.4 is 5.73 Å². The van der Waals surface area contributed by atoms with Gasteiger partial charge in [-0.15, -0.1) is 0 Å². The number of aryl methyl sites for hydroxylation is 2. The summed E-state index contributed by atoms with van der Waals surface area (Å²) in [6.45, 7) is 4.36. The molecule has 0 fully saturated rings. The van der Waals surface area contributed by atoms with Crippen molar-refractivity contribution < 1.29 is 21.6 Å². The minimum Gasteiger partial charge on any atom is -0.398 e. The number of alkyl halides is 3. The molecule has 1 rings (SSSR count). The monoisotopic (exact) mass is 324 g/mol. The van der Waals surface area contributed by atoms with Crippen molar-refractivity contribution in [1.82, 2.24) is 4.31 Å². The number of sulfonamides is 1. The highest BCUT2D eigenvalue weighted by Gasteiger charge is 2.37. The van der Waals surface area contributed by atoms with Crippen LogP contribution in [-0.2, 0) is 10.0 Å². The highest BCUT2D eigenvalue weighted by atomic mass is 32.2. The molecule has 0 atom stereocenters. The molecule has 8 heteroatoms. The molecule has 0 heterocycles. The topological polar surface area (TPSA) is 63.4 Å². The van der Waals surface area contributed by atoms with E-state index in [9.17, 15) is 21.6 Å². The Labute approximate surface area is 122 Å². The smallest absolute Gasteiger partial charge is 0.398 e. The summed E-state index contributed by atoms with van der Waals surface area (Å²) in [6.07, 6.45) is -4.60. The fourth-order valence-corrected chi connectivity index (χ4v) is 4.15. The van der Waals surface area contributed by atoms with Gasteiger partial charge in [-0.2, -0.15) is 17.5 Å². The molecule has 2 N–H and O–H groups in total. The Morgan fingerprint density at radius 1 is 1.19 bits per heavy atom. The number of benzene rings is 1. The van der Waals surface area contributed by atoms with E-state index in [1.54, 1.807) is 19.9 Å². The van der Waals surface area contributed by atoms with E-state index >= 15 is 0 Å². The van der Waals surface area contributed by atoms with E-state index in [1.165, 1.54) is 13.8 Å². The van der Waals surface area contributed by atoms with Crippen molar-refractivity contribution in [2.24, 2.45) is 0 Å². The largest absolute Gasteiger partial charge is 0.402 e. The van der Waals surface area contributed by atoms with Gasteiger partial charge in [-0.05, 0) is 37.5 Å². The van der Waals surface area contributed by atoms with Crippen molar-refractivity contribution in [3.63, 3.8) is 0 Å². The number of nitrogens with zero attached hydrogens (tertiary/aromatic N) is 1. The van der Waals surface area contributed by atoms with Crippen molar-refractivity contribution >= 4 is 15.7 Å². The molecule has 4 nitrogen and oxygen atoms in total. The lowest BCUT2D eigenvalue weighted by Crippen LogP contribution is -2.39. The molecule has 0 unspecified atom stereocenters. The van der Waals surface area contributed by atoms with Crippen molar-refractivity contribution in [3.8, 4) is 0 Å². The number of halogens is 3. The van der Waals surface area contributed by atoms with Gasteiger partial charge in [-0.3, -0.25) is 0 Å². The molecule has 0 aromatic heterocycles. The molecule has 21 heavy (non-hydrogen) atoms. The average molecular weight is 324 g/mol. The first kappa shape index (κ1) is 17.8. The van der Waals surface area contributed by atoms with Crippen LogP contribution in [0.5, 0.6) is 0 Å². The van der Waals surface area contributed by atoms with E-state index in [1.807, 2.05) is 0 Å². The summed E-state index contributed by atoms with van der Waals surface area (Å²) in [5.74, 6) is 0. The second kappa shape index (κ2) is 5.84. The van der Waals surface area contributed by atoms with Crippen LogP contribution in [0.25, 0.3) is 0 Å². The van der Waals surface area contributed by atoms with Gasteiger partial charge in [0.05, 0.1) is 4.90 Å². The maximum Gasteiger partial charge on any atom is 0.402 e. The number of rotatable bonds is 4. The number of nitrogens with two attached hydrogens (primary N) is 1. The number of hydrogen-bond donors (Lipinski definition) is 1. The fraction of sp³-hybridized carbons (Fsp3) is 0.538. The fourth-order valence-electron chi connectivity index (χ4n) is 2.27. The predicted octanol–water partition coefficient (Wildman–Crippen LogP) is 2.77. The summed E-state index contributed by atoms with van der Waals surface area (Å²) in [7, 11) is -4.25. The highest BCUT2D eigenvalue weighted by molar-refractivity contribution is 7.89. The lowest BCUT2D eigenvalue weighted by Gasteiger charge is -2.24. The van der Waals surface area contributed by atoms with Crippen molar-refractivity contribution in [2.45, 2.75) is 38.8 Å². The normalized spacial score (nSPS) is 13.0. The highest BCUT2D eigenvalue weighted by Crippen LogP contribution is 2.31. The molecular weight excluding hydrogens is 305 g/mol. The number of anilines is 1. The standard InChI is InChI=1S/C13H19F3N2O2S/c1-5-18(7-13(14,15)16)21(19,20)12-9(3)6-8(2)11(17)10(12)4/h6H,5,7,17H2,1-4H3. The molecule has 1 aromatic carbocycles. The maximum atomic E-state index is 12.6. The number of hydrogen-bond acceptors (Lipinski definition) is 3. The molecule has 0 radical (unpaired) electrons. The Morgan fingerprint density at radius 3 is 2.14 bits per heavy atom. The van der Waals surface area contributed by atoms with Crippen LogP contribution in [-0.4, -0.2) is 32.0 Å². The summed E-state index contributed by atoms with van der Waals surface area (Å²) in [4.78, 5) is -0.142. The first-order valence-electron chi connectivity index (χ1n) is 6.35. The molecule has 0 bridgehead atoms. The zero-order valence-electron chi connectivity index (χ0n) is 12.4. The van der Waals surface area contributed by atoms with Crippen molar-refractivity contribution in [1.29, 1.82) is 0 Å². The summed E-state index contributed by atoms with van der Waals surface area (Å²) in [5.41, 5.74) is 7.46. The summed E-state index contributed by atoms with van der Waals surface area (Å²) < 4.78 is 63.1. The van der Waals surface area contributed by atoms with Crippen molar-refractivity contribution in [2.75, 3.05) is 18.8 Å². The van der Waals surface area contributed by atoms with Crippen LogP contribution in [0.2, 0.25) is 0 Å². The van der Waals surface area contributed by atoms with E-state index in [-0.39, 0.29) is 22.7 Å². The molecule has 0 amide bonds. The third-order valence-electron chi connectivity index (χ3n) is 3.27. The molecule has 0 saturated carbocycles. The summed E-state index contributed by atoms with van der Waals surface area (Å²) in [6, 6.07) is 1.57. The van der Waals surface area contributed by atoms with Crippen LogP contribution in [0, 0.1) is 20.8 Å². The van der Waals surface area contributed by atoms with Gasteiger partial charge in [0.2, 0.25) is 10.0 Å². The van der Waals surface area contributed by atoms with Crippen LogP contribution in [0.15, 0.2) is 11.0 Å². The van der Waals surface area contributed by atoms with E-state index in [0.29, 0.717) is 15.4 Å². The molecule has 120 valence electrons. The van der Waals surface area contributed by atoms with Gasteiger partial charge in [-0.25, -0.2) is 8.42 Å². The Hall–Kier alpha value is -1.28. The Morgan fingerprint density at radius 2 is 1.71 bits per heavy atom. The van der Waals surface area contributed by atoms with E-state index in [0.717, 1.165) is 0 Å². The van der Waals surface area contributed by atoms with Crippen LogP contribution >= 0.6 is 0 Å². The van der Waals surface area contributed by atoms with E-state index in [4.69, 9.17) is 5.73 Å². The third-order valence-corrected chi connectivity index (χ3v) is 5.48. The zero-order valence-corrected chi connectivity index (χ0v) is 13.2. The lowest BCUT2D eigenvalue weighted by molar-refractivity contribution is -0.135. The third kappa shape index (κ3) is 3.68. The number of nitrogen functional groups attached to an aromatic ring is 1. The second-order valence-corrected chi connectivity index (χ2v) is 6.80. The second-order valence-electron chi connectivity index (χ2n) is 4.92. The van der Waals surface area contributed by atoms with Gasteiger partial charge in [0.15, 0.2) is 0 Å². The van der Waals surface area contributed by atoms with Crippen LogP contribution in [0.1, 0.15) is 23.6 Å². The Bertz CT molecular complexity index is 640. The Kier molecular flexibility index (Phi) is 4.94. The average Bonchev–Trinajstić information content (AvgIpc) is 2.31. The van der Waals surface area contributed by atoms with Crippen LogP contribution in [0.4, 0.5) is 18.9 Å². The molecule has 0 aliphatic rings. The lowest BCUT2D eigenvalue weighted by atomic mass is 10.1. The molecule has 0 saturated heterocycles. The van der Waals surface area contributed by atoms with Gasteiger partial charge < -0.3 is 5.73 Å². The van der Waals surface area contributed by atoms with Gasteiger partial charge >= 0.3 is 6.18 Å². The molecule has 0 spiro atoms. The SMILES string of the molecule is CCN(CC(F)(F)F)S(=O)(=O)c1c(C)cc(C)c(N)c1C. The van der Waals surface area contributed by atoms with Crippen LogP contribution in [0.3, 0.4) is 0 Å². The molecule has 0 aliphatic carbocycles. The first-order valence-corrected chi connectivity index (χ1v) is 7.79. The molecule has 0 aliphatic heterocycles. The molecule has 1 aromatic rings. The minimum absolute atomic E-state index is 0.142. The van der Waals surface area contributed by atoms with E-state index in [2.05, 4.69) is 0 Å². The quantitative estimate of drug-likeness (QED) is 0.866. The van der Waals surface area contributed by atoms with Gasteiger partial charge in [0, 0.05) is 12.2 Å². The van der Waals surface area contributed by atoms with Gasteiger partial charge in [-0.1, -0.05) is 13.0 Å². The summed E-state index contributed by atoms with van der Waals surface area (Å²) >= 11 is 0. The minimum atomic E-state index is -4.60. The predicted molar refractivity (Wildman–Crippen MR) is 75.6 cm³/mol. The molecular formula is C13H19F3N2O2S. The first-order chi connectivity index (χ1) is 9.41. The zero-order chi connectivity index (χ0) is 16.6. The maximum absolute atomic E-state index is 12.6. The Balaban J connectivity index is 3.47. The summed E-state index contributed by atoms with van der Waals surface area (Å²) in [5, 5.41) is 0. The van der Waals surface area contributed by atoms with Crippen molar-refractivity contribution in [3.05, 3.63) is 22.8 Å². The van der Waals surface area contributed by atoms with Gasteiger partial charge in [0.25, 0.3) is 0 Å². The van der Waals surface area contributed by atoms with Gasteiger partial charge in [0.1, 0.15) is 6.54 Å². The van der Waals surface area contributed by atoms with E-state index < -0.39 is 22.7 Å².